The SMILES string of the molecule is C[C@H](C(=O)NCc1ccccc1)[NH+]1CC[NH+](CC(=O)Nc2ccccc2Cl)CC1. The van der Waals surface area contributed by atoms with Gasteiger partial charge in [0.2, 0.25) is 0 Å². The van der Waals surface area contributed by atoms with Gasteiger partial charge in [-0.2, -0.15) is 0 Å². The lowest BCUT2D eigenvalue weighted by Gasteiger charge is -2.32. The Balaban J connectivity index is 1.40. The van der Waals surface area contributed by atoms with E-state index in [0.29, 0.717) is 23.8 Å². The first kappa shape index (κ1) is 21.3. The average Bonchev–Trinajstić information content (AvgIpc) is 2.74. The Labute approximate surface area is 176 Å². The monoisotopic (exact) mass is 416 g/mol. The van der Waals surface area contributed by atoms with Crippen molar-refractivity contribution in [1.82, 2.24) is 5.32 Å². The van der Waals surface area contributed by atoms with Gasteiger partial charge < -0.3 is 20.4 Å². The van der Waals surface area contributed by atoms with Crippen molar-refractivity contribution in [3.8, 4) is 0 Å². The topological polar surface area (TPSA) is 67.1 Å². The van der Waals surface area contributed by atoms with Gasteiger partial charge in [-0.05, 0) is 24.6 Å². The summed E-state index contributed by atoms with van der Waals surface area (Å²) in [6.07, 6.45) is 0. The predicted molar refractivity (Wildman–Crippen MR) is 114 cm³/mol. The Hall–Kier alpha value is -2.41. The van der Waals surface area contributed by atoms with E-state index in [-0.39, 0.29) is 17.9 Å². The molecule has 7 heteroatoms. The standard InChI is InChI=1S/C22H27ClN4O2/c1-17(22(29)24-15-18-7-3-2-4-8-18)27-13-11-26(12-14-27)16-21(28)25-20-10-6-5-9-19(20)23/h2-10,17H,11-16H2,1H3,(H,24,29)(H,25,28)/p+2/t17-/m1/s1. The number of para-hydroxylation sites is 1. The molecule has 2 aromatic rings. The normalized spacial score (nSPS) is 19.9. The molecule has 1 atom stereocenters. The van der Waals surface area contributed by atoms with E-state index in [1.807, 2.05) is 49.4 Å². The van der Waals surface area contributed by atoms with Crippen molar-refractivity contribution in [2.24, 2.45) is 0 Å². The molecule has 1 aliphatic heterocycles. The zero-order valence-electron chi connectivity index (χ0n) is 16.7. The van der Waals surface area contributed by atoms with E-state index in [1.165, 1.54) is 9.80 Å². The quantitative estimate of drug-likeness (QED) is 0.503. The smallest absolute Gasteiger partial charge is 0.279 e. The first-order valence-electron chi connectivity index (χ1n) is 10.1. The van der Waals surface area contributed by atoms with E-state index in [9.17, 15) is 9.59 Å². The third kappa shape index (κ3) is 6.29. The number of carbonyl (C=O) groups excluding carboxylic acids is 2. The molecule has 1 fully saturated rings. The molecule has 3 rings (SSSR count). The summed E-state index contributed by atoms with van der Waals surface area (Å²) in [7, 11) is 0. The number of anilines is 1. The zero-order valence-corrected chi connectivity index (χ0v) is 17.5. The second-order valence-electron chi connectivity index (χ2n) is 7.54. The Morgan fingerprint density at radius 2 is 1.66 bits per heavy atom. The highest BCUT2D eigenvalue weighted by Gasteiger charge is 2.31. The molecule has 0 saturated carbocycles. The number of rotatable bonds is 7. The summed E-state index contributed by atoms with van der Waals surface area (Å²) in [6, 6.07) is 17.1. The highest BCUT2D eigenvalue weighted by atomic mass is 35.5. The number of piperazine rings is 1. The van der Waals surface area contributed by atoms with E-state index >= 15 is 0 Å². The maximum Gasteiger partial charge on any atom is 0.279 e. The molecule has 1 aliphatic rings. The number of amides is 2. The second-order valence-corrected chi connectivity index (χ2v) is 7.95. The van der Waals surface area contributed by atoms with E-state index in [4.69, 9.17) is 11.6 Å². The van der Waals surface area contributed by atoms with Gasteiger partial charge in [0.05, 0.1) is 10.7 Å². The summed E-state index contributed by atoms with van der Waals surface area (Å²) in [4.78, 5) is 27.3. The van der Waals surface area contributed by atoms with Gasteiger partial charge in [0, 0.05) is 6.54 Å². The average molecular weight is 417 g/mol. The molecule has 0 aliphatic carbocycles. The second kappa shape index (κ2) is 10.4. The van der Waals surface area contributed by atoms with Crippen LogP contribution in [-0.4, -0.2) is 50.6 Å². The van der Waals surface area contributed by atoms with E-state index in [1.54, 1.807) is 12.1 Å². The van der Waals surface area contributed by atoms with Crippen LogP contribution in [0.1, 0.15) is 12.5 Å². The number of hydrogen-bond donors (Lipinski definition) is 4. The van der Waals surface area contributed by atoms with Gasteiger partial charge in [0.1, 0.15) is 26.2 Å². The maximum absolute atomic E-state index is 12.5. The number of nitrogens with one attached hydrogen (secondary N) is 4. The Morgan fingerprint density at radius 3 is 2.34 bits per heavy atom. The van der Waals surface area contributed by atoms with Gasteiger partial charge in [0.15, 0.2) is 12.6 Å². The van der Waals surface area contributed by atoms with Crippen molar-refractivity contribution in [3.05, 3.63) is 65.2 Å². The minimum absolute atomic E-state index is 0.0368. The molecule has 0 aromatic heterocycles. The van der Waals surface area contributed by atoms with Crippen molar-refractivity contribution in [1.29, 1.82) is 0 Å². The van der Waals surface area contributed by atoms with E-state index < -0.39 is 0 Å². The van der Waals surface area contributed by atoms with Gasteiger partial charge in [-0.25, -0.2) is 0 Å². The highest BCUT2D eigenvalue weighted by Crippen LogP contribution is 2.19. The Bertz CT molecular complexity index is 823. The maximum atomic E-state index is 12.5. The summed E-state index contributed by atoms with van der Waals surface area (Å²) in [5, 5.41) is 6.45. The lowest BCUT2D eigenvalue weighted by atomic mass is 10.2. The lowest BCUT2D eigenvalue weighted by molar-refractivity contribution is -1.01. The van der Waals surface area contributed by atoms with Crippen LogP contribution < -0.4 is 20.4 Å². The van der Waals surface area contributed by atoms with Crippen LogP contribution in [0.3, 0.4) is 0 Å². The lowest BCUT2D eigenvalue weighted by Crippen LogP contribution is -3.30. The first-order valence-corrected chi connectivity index (χ1v) is 10.4. The van der Waals surface area contributed by atoms with E-state index in [2.05, 4.69) is 10.6 Å². The van der Waals surface area contributed by atoms with Gasteiger partial charge in [-0.3, -0.25) is 9.59 Å². The molecule has 6 nitrogen and oxygen atoms in total. The molecule has 0 radical (unpaired) electrons. The van der Waals surface area contributed by atoms with Gasteiger partial charge in [-0.15, -0.1) is 0 Å². The minimum atomic E-state index is -0.0998. The third-order valence-electron chi connectivity index (χ3n) is 5.47. The van der Waals surface area contributed by atoms with Crippen LogP contribution in [0.15, 0.2) is 54.6 Å². The summed E-state index contributed by atoms with van der Waals surface area (Å²) in [5.74, 6) is 0.0361. The van der Waals surface area contributed by atoms with Crippen LogP contribution in [0.4, 0.5) is 5.69 Å². The Kier molecular flexibility index (Phi) is 7.63. The van der Waals surface area contributed by atoms with Crippen molar-refractivity contribution in [2.45, 2.75) is 19.5 Å². The molecule has 1 heterocycles. The molecule has 154 valence electrons. The third-order valence-corrected chi connectivity index (χ3v) is 5.80. The fraction of sp³-hybridized carbons (Fsp3) is 0.364. The number of benzene rings is 2. The summed E-state index contributed by atoms with van der Waals surface area (Å²) >= 11 is 6.10. The van der Waals surface area contributed by atoms with Crippen molar-refractivity contribution in [2.75, 3.05) is 38.0 Å². The fourth-order valence-electron chi connectivity index (χ4n) is 3.64. The van der Waals surface area contributed by atoms with Gasteiger partial charge in [-0.1, -0.05) is 54.1 Å². The van der Waals surface area contributed by atoms with Crippen LogP contribution in [0.2, 0.25) is 5.02 Å². The number of carbonyl (C=O) groups is 2. The summed E-state index contributed by atoms with van der Waals surface area (Å²) in [5.41, 5.74) is 1.74. The van der Waals surface area contributed by atoms with Gasteiger partial charge in [0.25, 0.3) is 11.8 Å². The van der Waals surface area contributed by atoms with Crippen LogP contribution in [0, 0.1) is 0 Å². The van der Waals surface area contributed by atoms with Crippen LogP contribution >= 0.6 is 11.6 Å². The number of hydrogen-bond acceptors (Lipinski definition) is 2. The van der Waals surface area contributed by atoms with Crippen LogP contribution in [0.5, 0.6) is 0 Å². The summed E-state index contributed by atoms with van der Waals surface area (Å²) < 4.78 is 0. The molecule has 2 amide bonds. The minimum Gasteiger partial charge on any atom is -0.347 e. The molecule has 1 saturated heterocycles. The largest absolute Gasteiger partial charge is 0.347 e. The fourth-order valence-corrected chi connectivity index (χ4v) is 3.83. The summed E-state index contributed by atoms with van der Waals surface area (Å²) in [6.45, 7) is 6.40. The van der Waals surface area contributed by atoms with Gasteiger partial charge >= 0.3 is 0 Å². The van der Waals surface area contributed by atoms with Crippen LogP contribution in [0.25, 0.3) is 0 Å². The molecule has 4 N–H and O–H groups in total. The van der Waals surface area contributed by atoms with Crippen molar-refractivity contribution < 1.29 is 19.4 Å². The molecular weight excluding hydrogens is 388 g/mol. The van der Waals surface area contributed by atoms with Crippen LogP contribution in [-0.2, 0) is 16.1 Å². The predicted octanol–water partition coefficient (Wildman–Crippen LogP) is -0.233. The zero-order chi connectivity index (χ0) is 20.6. The molecule has 29 heavy (non-hydrogen) atoms. The van der Waals surface area contributed by atoms with Crippen molar-refractivity contribution in [3.63, 3.8) is 0 Å². The highest BCUT2D eigenvalue weighted by molar-refractivity contribution is 6.33. The molecule has 0 bridgehead atoms. The Morgan fingerprint density at radius 1 is 1.00 bits per heavy atom. The molecule has 2 aromatic carbocycles. The number of quaternary nitrogens is 2. The first-order chi connectivity index (χ1) is 14.0. The number of halogens is 1. The van der Waals surface area contributed by atoms with E-state index in [0.717, 1.165) is 31.7 Å². The van der Waals surface area contributed by atoms with Crippen molar-refractivity contribution >= 4 is 29.1 Å². The molecule has 0 spiro atoms. The molecular formula is C22H29ClN4O2+2. The molecule has 0 unspecified atom stereocenters.